The van der Waals surface area contributed by atoms with Gasteiger partial charge in [-0.3, -0.25) is 4.79 Å². The van der Waals surface area contributed by atoms with E-state index in [0.717, 1.165) is 48.9 Å². The van der Waals surface area contributed by atoms with Gasteiger partial charge in [0, 0.05) is 24.9 Å². The summed E-state index contributed by atoms with van der Waals surface area (Å²) in [6.07, 6.45) is 4.95. The summed E-state index contributed by atoms with van der Waals surface area (Å²) >= 11 is 0. The molecule has 35 heavy (non-hydrogen) atoms. The van der Waals surface area contributed by atoms with E-state index in [4.69, 9.17) is 9.47 Å². The summed E-state index contributed by atoms with van der Waals surface area (Å²) < 4.78 is 12.6. The minimum Gasteiger partial charge on any atom is -0.486 e. The monoisotopic (exact) mass is 476 g/mol. The van der Waals surface area contributed by atoms with E-state index in [2.05, 4.69) is 6.07 Å². The Morgan fingerprint density at radius 2 is 2.00 bits per heavy atom. The van der Waals surface area contributed by atoms with Gasteiger partial charge in [-0.15, -0.1) is 0 Å². The van der Waals surface area contributed by atoms with Crippen LogP contribution >= 0.6 is 0 Å². The van der Waals surface area contributed by atoms with Gasteiger partial charge in [0.2, 0.25) is 5.91 Å². The van der Waals surface area contributed by atoms with Gasteiger partial charge in [0.1, 0.15) is 13.2 Å². The van der Waals surface area contributed by atoms with Crippen molar-refractivity contribution in [2.45, 2.75) is 63.5 Å². The maximum Gasteiger partial charge on any atom is 0.407 e. The lowest BCUT2D eigenvalue weighted by Crippen LogP contribution is -2.62. The van der Waals surface area contributed by atoms with Crippen molar-refractivity contribution in [2.75, 3.05) is 24.6 Å². The molecule has 2 bridgehead atoms. The number of hydrogen-bond acceptors (Lipinski definition) is 4. The van der Waals surface area contributed by atoms with E-state index in [-0.39, 0.29) is 17.4 Å². The highest BCUT2D eigenvalue weighted by atomic mass is 16.5. The highest BCUT2D eigenvalue weighted by Gasteiger charge is 2.56. The normalized spacial score (nSPS) is 26.7. The molecule has 2 aromatic rings. The lowest BCUT2D eigenvalue weighted by atomic mass is 9.52. The van der Waals surface area contributed by atoms with Crippen LogP contribution in [0.15, 0.2) is 36.4 Å². The molecule has 1 saturated heterocycles. The van der Waals surface area contributed by atoms with E-state index in [1.807, 2.05) is 35.2 Å². The van der Waals surface area contributed by atoms with Gasteiger partial charge in [0.25, 0.3) is 0 Å². The number of anilines is 1. The molecule has 0 spiro atoms. The molecule has 1 saturated carbocycles. The summed E-state index contributed by atoms with van der Waals surface area (Å²) in [5.41, 5.74) is 4.12. The number of ether oxygens (including phenoxy) is 2. The summed E-state index contributed by atoms with van der Waals surface area (Å²) in [6.45, 7) is 3.46. The fourth-order valence-corrected chi connectivity index (χ4v) is 7.26. The fourth-order valence-electron chi connectivity index (χ4n) is 7.26. The molecule has 2 amide bonds. The Balaban J connectivity index is 1.52. The summed E-state index contributed by atoms with van der Waals surface area (Å²) in [5, 5.41) is 10.0. The van der Waals surface area contributed by atoms with Crippen LogP contribution in [0.4, 0.5) is 10.5 Å². The Labute approximate surface area is 205 Å². The van der Waals surface area contributed by atoms with Crippen molar-refractivity contribution in [1.82, 2.24) is 4.90 Å². The molecular weight excluding hydrogens is 444 g/mol. The van der Waals surface area contributed by atoms with Crippen molar-refractivity contribution in [3.63, 3.8) is 0 Å². The summed E-state index contributed by atoms with van der Waals surface area (Å²) in [6, 6.07) is 12.2. The number of carboxylic acid groups (broad SMARTS) is 1. The fraction of sp³-hybridized carbons (Fsp3) is 0.500. The second kappa shape index (κ2) is 8.47. The largest absolute Gasteiger partial charge is 0.486 e. The van der Waals surface area contributed by atoms with Crippen LogP contribution < -0.4 is 14.4 Å². The standard InChI is InChI=1S/C28H32N2O5/c1-18(31)29-13-14-34-26-24(35-17-19-7-3-2-4-8-19)16-22-20(25(26)29)15-23-21-9-5-6-10-28(21,22)11-12-30(23)27(32)33/h2-4,7-8,16,21,23H,5-6,9-15,17H2,1H3,(H,32,33). The van der Waals surface area contributed by atoms with E-state index in [1.165, 1.54) is 5.56 Å². The lowest BCUT2D eigenvalue weighted by molar-refractivity contribution is -0.116. The van der Waals surface area contributed by atoms with Crippen LogP contribution in [-0.2, 0) is 23.2 Å². The minimum absolute atomic E-state index is 0.0273. The van der Waals surface area contributed by atoms with Gasteiger partial charge in [-0.05, 0) is 54.4 Å². The summed E-state index contributed by atoms with van der Waals surface area (Å²) in [7, 11) is 0. The first-order valence-electron chi connectivity index (χ1n) is 12.8. The van der Waals surface area contributed by atoms with Crippen LogP contribution in [0.1, 0.15) is 55.7 Å². The van der Waals surface area contributed by atoms with Crippen molar-refractivity contribution in [2.24, 2.45) is 5.92 Å². The van der Waals surface area contributed by atoms with Crippen molar-refractivity contribution >= 4 is 17.7 Å². The van der Waals surface area contributed by atoms with Crippen molar-refractivity contribution < 1.29 is 24.2 Å². The molecule has 0 radical (unpaired) electrons. The Morgan fingerprint density at radius 1 is 1.17 bits per heavy atom. The molecule has 7 nitrogen and oxygen atoms in total. The second-order valence-electron chi connectivity index (χ2n) is 10.4. The molecule has 1 N–H and O–H groups in total. The topological polar surface area (TPSA) is 79.3 Å². The third-order valence-electron chi connectivity index (χ3n) is 8.73. The highest BCUT2D eigenvalue weighted by molar-refractivity contribution is 5.96. The molecule has 2 aliphatic heterocycles. The molecule has 2 fully saturated rings. The number of fused-ring (bicyclic) bond motifs is 3. The third-order valence-corrected chi connectivity index (χ3v) is 8.73. The molecule has 6 rings (SSSR count). The Bertz CT molecular complexity index is 1170. The number of amides is 2. The number of benzene rings is 2. The van der Waals surface area contributed by atoms with Crippen LogP contribution in [0.5, 0.6) is 11.5 Å². The number of piperidine rings is 1. The quantitative estimate of drug-likeness (QED) is 0.692. The van der Waals surface area contributed by atoms with E-state index >= 15 is 0 Å². The van der Waals surface area contributed by atoms with E-state index in [9.17, 15) is 14.7 Å². The average Bonchev–Trinajstić information content (AvgIpc) is 2.87. The molecule has 2 aliphatic carbocycles. The molecule has 7 heteroatoms. The Morgan fingerprint density at radius 3 is 2.77 bits per heavy atom. The van der Waals surface area contributed by atoms with Crippen molar-refractivity contribution in [3.05, 3.63) is 53.1 Å². The number of likely N-dealkylation sites (tertiary alicyclic amines) is 1. The van der Waals surface area contributed by atoms with E-state index in [1.54, 1.807) is 11.8 Å². The van der Waals surface area contributed by atoms with Gasteiger partial charge in [-0.2, -0.15) is 0 Å². The number of rotatable bonds is 3. The first kappa shape index (κ1) is 22.3. The molecular formula is C28H32N2O5. The average molecular weight is 477 g/mol. The van der Waals surface area contributed by atoms with Gasteiger partial charge in [-0.25, -0.2) is 4.79 Å². The number of carbonyl (C=O) groups is 2. The molecule has 184 valence electrons. The smallest absolute Gasteiger partial charge is 0.407 e. The summed E-state index contributed by atoms with van der Waals surface area (Å²) in [4.78, 5) is 28.4. The zero-order valence-corrected chi connectivity index (χ0v) is 20.2. The zero-order chi connectivity index (χ0) is 24.2. The number of carbonyl (C=O) groups excluding carboxylic acids is 1. The first-order valence-corrected chi connectivity index (χ1v) is 12.8. The van der Waals surface area contributed by atoms with Gasteiger partial charge >= 0.3 is 6.09 Å². The zero-order valence-electron chi connectivity index (χ0n) is 20.2. The Hall–Kier alpha value is -3.22. The van der Waals surface area contributed by atoms with Crippen molar-refractivity contribution in [3.8, 4) is 11.5 Å². The van der Waals surface area contributed by atoms with Gasteiger partial charge < -0.3 is 24.4 Å². The maximum atomic E-state index is 12.8. The third kappa shape index (κ3) is 3.46. The maximum absolute atomic E-state index is 12.8. The highest BCUT2D eigenvalue weighted by Crippen LogP contribution is 2.60. The van der Waals surface area contributed by atoms with E-state index < -0.39 is 6.09 Å². The van der Waals surface area contributed by atoms with Crippen LogP contribution in [0.3, 0.4) is 0 Å². The van der Waals surface area contributed by atoms with Crippen LogP contribution in [0.25, 0.3) is 0 Å². The Kier molecular flexibility index (Phi) is 5.38. The van der Waals surface area contributed by atoms with Gasteiger partial charge in [0.15, 0.2) is 11.5 Å². The second-order valence-corrected chi connectivity index (χ2v) is 10.4. The summed E-state index contributed by atoms with van der Waals surface area (Å²) in [5.74, 6) is 1.57. The van der Waals surface area contributed by atoms with Gasteiger partial charge in [0.05, 0.1) is 12.2 Å². The molecule has 3 unspecified atom stereocenters. The van der Waals surface area contributed by atoms with Crippen molar-refractivity contribution in [1.29, 1.82) is 0 Å². The van der Waals surface area contributed by atoms with E-state index in [0.29, 0.717) is 50.1 Å². The first-order chi connectivity index (χ1) is 17.0. The predicted octanol–water partition coefficient (Wildman–Crippen LogP) is 4.75. The lowest BCUT2D eigenvalue weighted by Gasteiger charge is -2.59. The van der Waals surface area contributed by atoms with Crippen LogP contribution in [0, 0.1) is 5.92 Å². The van der Waals surface area contributed by atoms with Crippen LogP contribution in [-0.4, -0.2) is 47.7 Å². The molecule has 2 aromatic carbocycles. The molecule has 3 atom stereocenters. The predicted molar refractivity (Wildman–Crippen MR) is 131 cm³/mol. The number of nitrogens with zero attached hydrogens (tertiary/aromatic N) is 2. The SMILES string of the molecule is CC(=O)N1CCOc2c(OCc3ccccc3)cc3c(c21)CC1C2CCCCC32CCN1C(=O)O. The van der Waals surface area contributed by atoms with Gasteiger partial charge in [-0.1, -0.05) is 43.2 Å². The molecule has 2 heterocycles. The molecule has 0 aromatic heterocycles. The minimum atomic E-state index is -0.839. The van der Waals surface area contributed by atoms with Crippen LogP contribution in [0.2, 0.25) is 0 Å². The number of hydrogen-bond donors (Lipinski definition) is 1. The molecule has 4 aliphatic rings.